The van der Waals surface area contributed by atoms with Crippen molar-refractivity contribution >= 4 is 0 Å². The molecule has 0 saturated heterocycles. The number of allylic oxidation sites excluding steroid dienone is 3. The van der Waals surface area contributed by atoms with E-state index in [2.05, 4.69) is 19.9 Å². The molecule has 14 heteroatoms. The van der Waals surface area contributed by atoms with Gasteiger partial charge in [-0.15, -0.1) is 13.2 Å². The summed E-state index contributed by atoms with van der Waals surface area (Å²) in [5.74, 6) is -2.29. The van der Waals surface area contributed by atoms with Crippen LogP contribution in [0, 0.1) is 11.6 Å². The maximum atomic E-state index is 14.7. The van der Waals surface area contributed by atoms with Crippen molar-refractivity contribution in [2.45, 2.75) is 43.9 Å². The Morgan fingerprint density at radius 2 is 2.00 bits per heavy atom. The van der Waals surface area contributed by atoms with Crippen LogP contribution in [0.5, 0.6) is 0 Å². The number of aromatic nitrogens is 6. The molecule has 2 aromatic heterocycles. The molecular weight excluding hydrogens is 479 g/mol. The molecule has 0 amide bonds. The van der Waals surface area contributed by atoms with Crippen molar-refractivity contribution in [3.05, 3.63) is 88.9 Å². The number of halogens is 5. The van der Waals surface area contributed by atoms with E-state index in [0.29, 0.717) is 6.07 Å². The number of benzene rings is 1. The summed E-state index contributed by atoms with van der Waals surface area (Å²) in [5.41, 5.74) is -3.09. The second kappa shape index (κ2) is 9.09. The van der Waals surface area contributed by atoms with Gasteiger partial charge in [-0.1, -0.05) is 12.1 Å². The average Bonchev–Trinajstić information content (AvgIpc) is 3.42. The molecule has 35 heavy (non-hydrogen) atoms. The van der Waals surface area contributed by atoms with E-state index in [1.54, 1.807) is 0 Å². The van der Waals surface area contributed by atoms with Crippen LogP contribution in [0.4, 0.5) is 22.0 Å². The highest BCUT2D eigenvalue weighted by Gasteiger charge is 2.41. The summed E-state index contributed by atoms with van der Waals surface area (Å²) in [6, 6.07) is 0.802. The molecule has 3 atom stereocenters. The lowest BCUT2D eigenvalue weighted by molar-refractivity contribution is -0.303. The van der Waals surface area contributed by atoms with Crippen molar-refractivity contribution in [1.82, 2.24) is 29.1 Å². The lowest BCUT2D eigenvalue weighted by Crippen LogP contribution is -2.44. The van der Waals surface area contributed by atoms with E-state index in [4.69, 9.17) is 0 Å². The molecule has 2 heterocycles. The summed E-state index contributed by atoms with van der Waals surface area (Å²) in [6.07, 6.45) is 2.32. The molecule has 186 valence electrons. The summed E-state index contributed by atoms with van der Waals surface area (Å²) in [7, 11) is 0. The Bertz CT molecular complexity index is 1310. The first kappa shape index (κ1) is 24.3. The summed E-state index contributed by atoms with van der Waals surface area (Å²) in [6.45, 7) is 1.11. The van der Waals surface area contributed by atoms with E-state index < -0.39 is 47.1 Å². The van der Waals surface area contributed by atoms with Gasteiger partial charge in [0.2, 0.25) is 0 Å². The average molecular weight is 498 g/mol. The first-order valence-corrected chi connectivity index (χ1v) is 10.3. The van der Waals surface area contributed by atoms with Crippen LogP contribution < -0.4 is 5.69 Å². The van der Waals surface area contributed by atoms with Gasteiger partial charge in [0.25, 0.3) is 0 Å². The van der Waals surface area contributed by atoms with Crippen molar-refractivity contribution in [3.8, 4) is 0 Å². The number of hydrogen-bond acceptors (Lipinski definition) is 6. The molecule has 3 unspecified atom stereocenters. The third-order valence-electron chi connectivity index (χ3n) is 5.68. The molecule has 1 aliphatic rings. The van der Waals surface area contributed by atoms with E-state index in [1.165, 1.54) is 36.4 Å². The molecular formula is C21H19F5N6O3. The van der Waals surface area contributed by atoms with Gasteiger partial charge < -0.3 is 9.84 Å². The minimum Gasteiger partial charge on any atom is -0.406 e. The first-order chi connectivity index (χ1) is 16.5. The Hall–Kier alpha value is -3.81. The third-order valence-corrected chi connectivity index (χ3v) is 5.68. The van der Waals surface area contributed by atoms with Crippen LogP contribution in [0.2, 0.25) is 0 Å². The zero-order chi connectivity index (χ0) is 25.4. The first-order valence-electron chi connectivity index (χ1n) is 10.3. The molecule has 0 aliphatic heterocycles. The number of hydrogen-bond donors (Lipinski definition) is 1. The highest BCUT2D eigenvalue weighted by Crippen LogP contribution is 2.36. The lowest BCUT2D eigenvalue weighted by Gasteiger charge is -2.34. The summed E-state index contributed by atoms with van der Waals surface area (Å²) in [5, 5.41) is 19.6. The van der Waals surface area contributed by atoms with E-state index in [9.17, 15) is 31.9 Å². The Morgan fingerprint density at radius 3 is 2.60 bits per heavy atom. The van der Waals surface area contributed by atoms with Crippen LogP contribution >= 0.6 is 0 Å². The fraction of sp³-hybridized carbons (Fsp3) is 0.333. The van der Waals surface area contributed by atoms with Crippen molar-refractivity contribution in [2.24, 2.45) is 0 Å². The second-order valence-electron chi connectivity index (χ2n) is 7.90. The van der Waals surface area contributed by atoms with Gasteiger partial charge in [0, 0.05) is 11.6 Å². The maximum absolute atomic E-state index is 14.7. The quantitative estimate of drug-likeness (QED) is 0.503. The van der Waals surface area contributed by atoms with E-state index in [1.807, 2.05) is 0 Å². The zero-order valence-electron chi connectivity index (χ0n) is 18.1. The molecule has 0 saturated carbocycles. The molecule has 9 nitrogen and oxygen atoms in total. The predicted molar refractivity (Wildman–Crippen MR) is 109 cm³/mol. The van der Waals surface area contributed by atoms with E-state index >= 15 is 0 Å². The second-order valence-corrected chi connectivity index (χ2v) is 7.90. The summed E-state index contributed by atoms with van der Waals surface area (Å²) in [4.78, 5) is 16.9. The largest absolute Gasteiger partial charge is 0.573 e. The Balaban J connectivity index is 1.66. The van der Waals surface area contributed by atoms with Crippen molar-refractivity contribution < 1.29 is 31.8 Å². The molecule has 1 aliphatic carbocycles. The van der Waals surface area contributed by atoms with Gasteiger partial charge in [-0.05, 0) is 31.6 Å². The third kappa shape index (κ3) is 5.01. The molecule has 0 radical (unpaired) electrons. The number of rotatable bonds is 7. The summed E-state index contributed by atoms with van der Waals surface area (Å²) < 4.78 is 72.6. The lowest BCUT2D eigenvalue weighted by atomic mass is 9.86. The fourth-order valence-electron chi connectivity index (χ4n) is 3.88. The number of ether oxygens (including phenoxy) is 1. The van der Waals surface area contributed by atoms with Crippen LogP contribution in [0.1, 0.15) is 31.0 Å². The smallest absolute Gasteiger partial charge is 0.406 e. The Morgan fingerprint density at radius 1 is 1.23 bits per heavy atom. The molecule has 0 spiro atoms. The van der Waals surface area contributed by atoms with Crippen molar-refractivity contribution in [2.75, 3.05) is 0 Å². The van der Waals surface area contributed by atoms with Gasteiger partial charge in [-0.25, -0.2) is 27.9 Å². The van der Waals surface area contributed by atoms with Crippen LogP contribution in [-0.2, 0) is 16.9 Å². The van der Waals surface area contributed by atoms with Crippen LogP contribution in [0.15, 0.2) is 66.0 Å². The number of alkyl halides is 3. The highest BCUT2D eigenvalue weighted by atomic mass is 19.4. The van der Waals surface area contributed by atoms with Crippen LogP contribution in [0.3, 0.4) is 0 Å². The van der Waals surface area contributed by atoms with Gasteiger partial charge in [-0.2, -0.15) is 10.2 Å². The van der Waals surface area contributed by atoms with Gasteiger partial charge in [-0.3, -0.25) is 4.57 Å². The molecule has 1 N–H and O–H groups in total. The van der Waals surface area contributed by atoms with Gasteiger partial charge in [0.05, 0.1) is 18.6 Å². The van der Waals surface area contributed by atoms with Gasteiger partial charge in [0.15, 0.2) is 0 Å². The van der Waals surface area contributed by atoms with Crippen LogP contribution in [-0.4, -0.2) is 40.6 Å². The van der Waals surface area contributed by atoms with E-state index in [0.717, 1.165) is 33.8 Å². The molecule has 4 rings (SSSR count). The predicted octanol–water partition coefficient (Wildman–Crippen LogP) is 2.98. The minimum absolute atomic E-state index is 0.0109. The Kier molecular flexibility index (Phi) is 6.32. The van der Waals surface area contributed by atoms with Crippen molar-refractivity contribution in [1.29, 1.82) is 0 Å². The molecule has 1 aromatic carbocycles. The topological polar surface area (TPSA) is 100.0 Å². The minimum atomic E-state index is -4.85. The monoisotopic (exact) mass is 498 g/mol. The van der Waals surface area contributed by atoms with Crippen LogP contribution in [0.25, 0.3) is 0 Å². The molecule has 0 bridgehead atoms. The molecule has 3 aromatic rings. The normalized spacial score (nSPS) is 18.7. The zero-order valence-corrected chi connectivity index (χ0v) is 18.1. The summed E-state index contributed by atoms with van der Waals surface area (Å²) >= 11 is 0. The molecule has 0 fully saturated rings. The van der Waals surface area contributed by atoms with Crippen molar-refractivity contribution in [3.63, 3.8) is 0 Å². The van der Waals surface area contributed by atoms with Gasteiger partial charge >= 0.3 is 12.1 Å². The number of aliphatic hydroxyl groups is 1. The fourth-order valence-corrected chi connectivity index (χ4v) is 3.88. The highest BCUT2D eigenvalue weighted by molar-refractivity contribution is 5.27. The standard InChI is InChI=1S/C21H19F5N6O3/c1-13(20(34,9-30-11-27-10-28-30)17-7-2-14(22)8-18(17)23)31-12-29-32(19(31)33)15-3-5-16(6-4-15)35-21(24,25)26/h2-3,5-8,10-13,15,34H,4,9H2,1H3. The number of nitrogens with zero attached hydrogens (tertiary/aromatic N) is 6. The van der Waals surface area contributed by atoms with Gasteiger partial charge in [0.1, 0.15) is 42.0 Å². The maximum Gasteiger partial charge on any atom is 0.573 e. The van der Waals surface area contributed by atoms with E-state index in [-0.39, 0.29) is 18.5 Å². The Labute approximate surface area is 194 Å². The SMILES string of the molecule is CC(n1cnn(C2C=CC(OC(F)(F)F)=CC2)c1=O)C(O)(Cn1cncn1)c1ccc(F)cc1F.